The van der Waals surface area contributed by atoms with Gasteiger partial charge in [0.05, 0.1) is 0 Å². The predicted molar refractivity (Wildman–Crippen MR) is 81.7 cm³/mol. The van der Waals surface area contributed by atoms with Crippen molar-refractivity contribution in [2.45, 2.75) is 47.3 Å². The van der Waals surface area contributed by atoms with Crippen molar-refractivity contribution in [3.8, 4) is 5.75 Å². The van der Waals surface area contributed by atoms with Gasteiger partial charge < -0.3 is 15.8 Å². The second-order valence-electron chi connectivity index (χ2n) is 5.75. The zero-order valence-corrected chi connectivity index (χ0v) is 13.1. The third kappa shape index (κ3) is 4.85. The minimum absolute atomic E-state index is 0.452. The number of ether oxygens (including phenoxy) is 1. The van der Waals surface area contributed by atoms with Crippen LogP contribution in [0.25, 0.3) is 0 Å². The second kappa shape index (κ2) is 7.29. The van der Waals surface area contributed by atoms with E-state index >= 15 is 0 Å². The highest BCUT2D eigenvalue weighted by atomic mass is 16.5. The summed E-state index contributed by atoms with van der Waals surface area (Å²) < 4.78 is 5.64. The molecule has 0 spiro atoms. The molecule has 0 aromatic heterocycles. The molecule has 1 amide bonds. The molecule has 0 bridgehead atoms. The Labute approximate surface area is 121 Å². The molecule has 1 unspecified atom stereocenters. The van der Waals surface area contributed by atoms with E-state index in [9.17, 15) is 4.79 Å². The summed E-state index contributed by atoms with van der Waals surface area (Å²) in [6, 6.07) is 4.17. The Balaban J connectivity index is 2.78. The molecule has 0 aliphatic carbocycles. The number of carbonyl (C=O) groups excluding carboxylic acids is 1. The van der Waals surface area contributed by atoms with Crippen LogP contribution in [-0.2, 0) is 11.3 Å². The lowest BCUT2D eigenvalue weighted by atomic mass is 10.1. The summed E-state index contributed by atoms with van der Waals surface area (Å²) in [4.78, 5) is 11.1. The van der Waals surface area contributed by atoms with Gasteiger partial charge in [0.15, 0.2) is 6.10 Å². The molecule has 1 aromatic carbocycles. The standard InChI is InChI=1S/C16H26N2O2/c1-10(2)8-18-9-14-6-11(3)15(12(4)7-14)20-13(5)16(17)19/h6-7,10,13,18H,8-9H2,1-5H3,(H2,17,19). The first-order valence-electron chi connectivity index (χ1n) is 7.08. The predicted octanol–water partition coefficient (Wildman–Crippen LogP) is 2.30. The first-order chi connectivity index (χ1) is 9.31. The number of hydrogen-bond acceptors (Lipinski definition) is 3. The van der Waals surface area contributed by atoms with Crippen LogP contribution in [0.5, 0.6) is 5.75 Å². The van der Waals surface area contributed by atoms with E-state index in [1.165, 1.54) is 5.56 Å². The molecule has 0 radical (unpaired) electrons. The molecule has 1 atom stereocenters. The maximum atomic E-state index is 11.1. The molecule has 0 aliphatic heterocycles. The Morgan fingerprint density at radius 1 is 1.25 bits per heavy atom. The van der Waals surface area contributed by atoms with Crippen LogP contribution in [0.2, 0.25) is 0 Å². The largest absolute Gasteiger partial charge is 0.480 e. The molecule has 0 heterocycles. The summed E-state index contributed by atoms with van der Waals surface area (Å²) in [5, 5.41) is 3.42. The highest BCUT2D eigenvalue weighted by Crippen LogP contribution is 2.25. The number of rotatable bonds is 7. The lowest BCUT2D eigenvalue weighted by Gasteiger charge is -2.17. The van der Waals surface area contributed by atoms with E-state index in [1.807, 2.05) is 13.8 Å². The topological polar surface area (TPSA) is 64.3 Å². The van der Waals surface area contributed by atoms with Crippen molar-refractivity contribution < 1.29 is 9.53 Å². The maximum absolute atomic E-state index is 11.1. The average molecular weight is 278 g/mol. The Morgan fingerprint density at radius 3 is 2.25 bits per heavy atom. The monoisotopic (exact) mass is 278 g/mol. The molecule has 4 heteroatoms. The van der Waals surface area contributed by atoms with Gasteiger partial charge in [0.1, 0.15) is 5.75 Å². The van der Waals surface area contributed by atoms with E-state index in [1.54, 1.807) is 6.92 Å². The highest BCUT2D eigenvalue weighted by molar-refractivity contribution is 5.78. The fraction of sp³-hybridized carbons (Fsp3) is 0.562. The number of nitrogens with one attached hydrogen (secondary N) is 1. The van der Waals surface area contributed by atoms with Gasteiger partial charge in [0.25, 0.3) is 5.91 Å². The minimum Gasteiger partial charge on any atom is -0.480 e. The number of hydrogen-bond donors (Lipinski definition) is 2. The van der Waals surface area contributed by atoms with Gasteiger partial charge in [0, 0.05) is 6.54 Å². The van der Waals surface area contributed by atoms with Gasteiger partial charge in [-0.3, -0.25) is 4.79 Å². The van der Waals surface area contributed by atoms with Gasteiger partial charge in [-0.15, -0.1) is 0 Å². The fourth-order valence-corrected chi connectivity index (χ4v) is 2.07. The fourth-order valence-electron chi connectivity index (χ4n) is 2.07. The van der Waals surface area contributed by atoms with Gasteiger partial charge in [-0.2, -0.15) is 0 Å². The number of benzene rings is 1. The molecule has 1 rings (SSSR count). The molecule has 3 N–H and O–H groups in total. The van der Waals surface area contributed by atoms with Crippen LogP contribution in [0, 0.1) is 19.8 Å². The molecule has 112 valence electrons. The Hall–Kier alpha value is -1.55. The number of aryl methyl sites for hydroxylation is 2. The first kappa shape index (κ1) is 16.5. The van der Waals surface area contributed by atoms with Crippen LogP contribution in [0.1, 0.15) is 37.5 Å². The number of carbonyl (C=O) groups is 1. The van der Waals surface area contributed by atoms with Gasteiger partial charge >= 0.3 is 0 Å². The summed E-state index contributed by atoms with van der Waals surface area (Å²) in [6.45, 7) is 11.8. The average Bonchev–Trinajstić information content (AvgIpc) is 2.32. The van der Waals surface area contributed by atoms with Crippen molar-refractivity contribution in [3.63, 3.8) is 0 Å². The summed E-state index contributed by atoms with van der Waals surface area (Å²) in [6.07, 6.45) is -0.614. The number of amides is 1. The Bertz CT molecular complexity index is 447. The van der Waals surface area contributed by atoms with Crippen molar-refractivity contribution in [3.05, 3.63) is 28.8 Å². The lowest BCUT2D eigenvalue weighted by Crippen LogP contribution is -2.31. The third-order valence-corrected chi connectivity index (χ3v) is 3.10. The molecule has 0 aliphatic rings. The van der Waals surface area contributed by atoms with Crippen molar-refractivity contribution in [2.75, 3.05) is 6.54 Å². The summed E-state index contributed by atoms with van der Waals surface area (Å²) >= 11 is 0. The third-order valence-electron chi connectivity index (χ3n) is 3.10. The van der Waals surface area contributed by atoms with E-state index in [-0.39, 0.29) is 0 Å². The lowest BCUT2D eigenvalue weighted by molar-refractivity contribution is -0.124. The minimum atomic E-state index is -0.614. The van der Waals surface area contributed by atoms with E-state index in [0.717, 1.165) is 30.0 Å². The molecule has 4 nitrogen and oxygen atoms in total. The summed E-state index contributed by atoms with van der Waals surface area (Å²) in [5.41, 5.74) is 8.51. The van der Waals surface area contributed by atoms with Gasteiger partial charge in [0.2, 0.25) is 0 Å². The van der Waals surface area contributed by atoms with Crippen LogP contribution in [0.3, 0.4) is 0 Å². The van der Waals surface area contributed by atoms with E-state index in [0.29, 0.717) is 5.92 Å². The molecule has 0 fully saturated rings. The van der Waals surface area contributed by atoms with Crippen LogP contribution in [0.4, 0.5) is 0 Å². The zero-order valence-electron chi connectivity index (χ0n) is 13.1. The summed E-state index contributed by atoms with van der Waals surface area (Å²) in [7, 11) is 0. The Morgan fingerprint density at radius 2 is 1.80 bits per heavy atom. The van der Waals surface area contributed by atoms with Gasteiger partial charge in [-0.25, -0.2) is 0 Å². The molecular weight excluding hydrogens is 252 g/mol. The van der Waals surface area contributed by atoms with Crippen molar-refractivity contribution in [2.24, 2.45) is 11.7 Å². The first-order valence-corrected chi connectivity index (χ1v) is 7.08. The molecule has 0 saturated heterocycles. The molecule has 0 saturated carbocycles. The quantitative estimate of drug-likeness (QED) is 0.804. The van der Waals surface area contributed by atoms with E-state index < -0.39 is 12.0 Å². The van der Waals surface area contributed by atoms with Gasteiger partial charge in [-0.05, 0) is 49.9 Å². The SMILES string of the molecule is Cc1cc(CNCC(C)C)cc(C)c1OC(C)C(N)=O. The van der Waals surface area contributed by atoms with Crippen LogP contribution in [0.15, 0.2) is 12.1 Å². The van der Waals surface area contributed by atoms with Crippen molar-refractivity contribution in [1.29, 1.82) is 0 Å². The molecular formula is C16H26N2O2. The van der Waals surface area contributed by atoms with Crippen molar-refractivity contribution >= 4 is 5.91 Å². The summed E-state index contributed by atoms with van der Waals surface area (Å²) in [5.74, 6) is 0.937. The molecule has 1 aromatic rings. The van der Waals surface area contributed by atoms with Crippen molar-refractivity contribution in [1.82, 2.24) is 5.32 Å². The smallest absolute Gasteiger partial charge is 0.258 e. The van der Waals surface area contributed by atoms with E-state index in [4.69, 9.17) is 10.5 Å². The van der Waals surface area contributed by atoms with Crippen LogP contribution in [-0.4, -0.2) is 18.6 Å². The van der Waals surface area contributed by atoms with Gasteiger partial charge in [-0.1, -0.05) is 26.0 Å². The van der Waals surface area contributed by atoms with E-state index in [2.05, 4.69) is 31.3 Å². The number of nitrogens with two attached hydrogens (primary N) is 1. The second-order valence-corrected chi connectivity index (χ2v) is 5.75. The number of primary amides is 1. The Kier molecular flexibility index (Phi) is 6.02. The zero-order chi connectivity index (χ0) is 15.3. The maximum Gasteiger partial charge on any atom is 0.258 e. The van der Waals surface area contributed by atoms with Crippen LogP contribution >= 0.6 is 0 Å². The highest BCUT2D eigenvalue weighted by Gasteiger charge is 2.14. The molecule has 20 heavy (non-hydrogen) atoms. The van der Waals surface area contributed by atoms with Crippen LogP contribution < -0.4 is 15.8 Å². The normalized spacial score (nSPS) is 12.5.